The zero-order valence-electron chi connectivity index (χ0n) is 16.2. The van der Waals surface area contributed by atoms with Crippen LogP contribution in [-0.2, 0) is 32.5 Å². The van der Waals surface area contributed by atoms with Crippen LogP contribution in [0.5, 0.6) is 0 Å². The molecule has 0 spiro atoms. The van der Waals surface area contributed by atoms with Crippen molar-refractivity contribution in [1.82, 2.24) is 10.2 Å². The number of sulfonamides is 1. The fourth-order valence-corrected chi connectivity index (χ4v) is 4.16. The topological polar surface area (TPSA) is 102 Å². The SMILES string of the molecule is NS(=O)(=O)c1cccc(CC(=O)NCC2CN(Cc3ccc(Cl)c(Cl)c3)CCO2)c1. The molecule has 3 N–H and O–H groups in total. The molecule has 7 nitrogen and oxygen atoms in total. The lowest BCUT2D eigenvalue weighted by Crippen LogP contribution is -2.47. The Kier molecular flexibility index (Phi) is 7.73. The molecule has 1 aliphatic rings. The Hall–Kier alpha value is -1.68. The fraction of sp³-hybridized carbons (Fsp3) is 0.350. The van der Waals surface area contributed by atoms with Crippen molar-refractivity contribution in [1.29, 1.82) is 0 Å². The number of ether oxygens (including phenoxy) is 1. The molecule has 2 aromatic rings. The zero-order valence-corrected chi connectivity index (χ0v) is 18.5. The lowest BCUT2D eigenvalue weighted by Gasteiger charge is -2.33. The highest BCUT2D eigenvalue weighted by Crippen LogP contribution is 2.23. The highest BCUT2D eigenvalue weighted by atomic mass is 35.5. The van der Waals surface area contributed by atoms with Crippen molar-refractivity contribution in [2.75, 3.05) is 26.2 Å². The van der Waals surface area contributed by atoms with E-state index in [0.717, 1.165) is 12.1 Å². The third-order valence-electron chi connectivity index (χ3n) is 4.73. The number of nitrogens with zero attached hydrogens (tertiary/aromatic N) is 1. The first-order valence-electron chi connectivity index (χ1n) is 9.37. The Morgan fingerprint density at radius 1 is 1.17 bits per heavy atom. The van der Waals surface area contributed by atoms with Gasteiger partial charge in [-0.1, -0.05) is 41.4 Å². The van der Waals surface area contributed by atoms with E-state index in [2.05, 4.69) is 10.2 Å². The summed E-state index contributed by atoms with van der Waals surface area (Å²) in [6.07, 6.45) is -0.0792. The average molecular weight is 472 g/mol. The van der Waals surface area contributed by atoms with Crippen LogP contribution >= 0.6 is 23.2 Å². The van der Waals surface area contributed by atoms with Crippen molar-refractivity contribution in [3.05, 3.63) is 63.6 Å². The quantitative estimate of drug-likeness (QED) is 0.644. The van der Waals surface area contributed by atoms with Crippen LogP contribution in [0.4, 0.5) is 0 Å². The minimum Gasteiger partial charge on any atom is -0.374 e. The predicted molar refractivity (Wildman–Crippen MR) is 116 cm³/mol. The maximum Gasteiger partial charge on any atom is 0.238 e. The normalized spacial score (nSPS) is 17.6. The van der Waals surface area contributed by atoms with Crippen LogP contribution in [0.15, 0.2) is 47.4 Å². The largest absolute Gasteiger partial charge is 0.374 e. The van der Waals surface area contributed by atoms with Gasteiger partial charge in [0.05, 0.1) is 34.1 Å². The molecular formula is C20H23Cl2N3O4S. The van der Waals surface area contributed by atoms with E-state index in [-0.39, 0.29) is 23.3 Å². The van der Waals surface area contributed by atoms with Gasteiger partial charge in [-0.3, -0.25) is 9.69 Å². The number of hydrogen-bond donors (Lipinski definition) is 2. The van der Waals surface area contributed by atoms with E-state index in [1.807, 2.05) is 12.1 Å². The maximum atomic E-state index is 12.3. The lowest BCUT2D eigenvalue weighted by atomic mass is 10.1. The molecule has 0 aromatic heterocycles. The molecule has 1 amide bonds. The van der Waals surface area contributed by atoms with Crippen molar-refractivity contribution in [2.45, 2.75) is 24.0 Å². The number of morpholine rings is 1. The van der Waals surface area contributed by atoms with E-state index < -0.39 is 10.0 Å². The minimum atomic E-state index is -3.80. The highest BCUT2D eigenvalue weighted by Gasteiger charge is 2.21. The summed E-state index contributed by atoms with van der Waals surface area (Å²) in [5, 5.41) is 9.03. The van der Waals surface area contributed by atoms with Crippen LogP contribution in [0.3, 0.4) is 0 Å². The second-order valence-electron chi connectivity index (χ2n) is 7.15. The van der Waals surface area contributed by atoms with Gasteiger partial charge in [0.2, 0.25) is 15.9 Å². The van der Waals surface area contributed by atoms with Gasteiger partial charge >= 0.3 is 0 Å². The molecule has 30 heavy (non-hydrogen) atoms. The molecule has 10 heteroatoms. The molecule has 0 saturated carbocycles. The first-order valence-corrected chi connectivity index (χ1v) is 11.7. The number of carbonyl (C=O) groups excluding carboxylic acids is 1. The molecule has 1 heterocycles. The summed E-state index contributed by atoms with van der Waals surface area (Å²) in [5.41, 5.74) is 1.63. The number of benzene rings is 2. The molecule has 1 aliphatic heterocycles. The third kappa shape index (κ3) is 6.66. The Balaban J connectivity index is 1.49. The van der Waals surface area contributed by atoms with Crippen molar-refractivity contribution in [3.8, 4) is 0 Å². The number of rotatable bonds is 7. The van der Waals surface area contributed by atoms with Crippen LogP contribution in [-0.4, -0.2) is 51.6 Å². The first-order chi connectivity index (χ1) is 14.2. The average Bonchev–Trinajstić information content (AvgIpc) is 2.69. The van der Waals surface area contributed by atoms with Crippen molar-refractivity contribution in [2.24, 2.45) is 5.14 Å². The monoisotopic (exact) mass is 471 g/mol. The molecule has 0 radical (unpaired) electrons. The van der Waals surface area contributed by atoms with E-state index in [9.17, 15) is 13.2 Å². The minimum absolute atomic E-state index is 0.0126. The van der Waals surface area contributed by atoms with Crippen molar-refractivity contribution < 1.29 is 17.9 Å². The third-order valence-corrected chi connectivity index (χ3v) is 6.38. The maximum absolute atomic E-state index is 12.3. The van der Waals surface area contributed by atoms with Gasteiger partial charge in [-0.25, -0.2) is 13.6 Å². The summed E-state index contributed by atoms with van der Waals surface area (Å²) < 4.78 is 28.6. The number of nitrogens with two attached hydrogens (primary N) is 1. The smallest absolute Gasteiger partial charge is 0.238 e. The van der Waals surface area contributed by atoms with Gasteiger partial charge in [0.1, 0.15) is 0 Å². The van der Waals surface area contributed by atoms with Crippen molar-refractivity contribution in [3.63, 3.8) is 0 Å². The van der Waals surface area contributed by atoms with E-state index in [0.29, 0.717) is 41.8 Å². The molecular weight excluding hydrogens is 449 g/mol. The zero-order chi connectivity index (χ0) is 21.7. The van der Waals surface area contributed by atoms with Gasteiger partial charge in [0, 0.05) is 26.2 Å². The molecule has 1 unspecified atom stereocenters. The van der Waals surface area contributed by atoms with Gasteiger partial charge in [0.15, 0.2) is 0 Å². The molecule has 1 atom stereocenters. The molecule has 1 saturated heterocycles. The van der Waals surface area contributed by atoms with E-state index >= 15 is 0 Å². The molecule has 3 rings (SSSR count). The van der Waals surface area contributed by atoms with Gasteiger partial charge in [-0.2, -0.15) is 0 Å². The van der Waals surface area contributed by atoms with Gasteiger partial charge < -0.3 is 10.1 Å². The molecule has 162 valence electrons. The van der Waals surface area contributed by atoms with Crippen LogP contribution < -0.4 is 10.5 Å². The van der Waals surface area contributed by atoms with Crippen molar-refractivity contribution >= 4 is 39.1 Å². The summed E-state index contributed by atoms with van der Waals surface area (Å²) in [4.78, 5) is 14.5. The number of amides is 1. The van der Waals surface area contributed by atoms with Crippen LogP contribution in [0.2, 0.25) is 10.0 Å². The van der Waals surface area contributed by atoms with Crippen LogP contribution in [0.25, 0.3) is 0 Å². The Morgan fingerprint density at radius 3 is 2.70 bits per heavy atom. The fourth-order valence-electron chi connectivity index (χ4n) is 3.25. The predicted octanol–water partition coefficient (Wildman–Crippen LogP) is 2.20. The molecule has 2 aromatic carbocycles. The number of primary sulfonamides is 1. The van der Waals surface area contributed by atoms with Crippen LogP contribution in [0, 0.1) is 0 Å². The summed E-state index contributed by atoms with van der Waals surface area (Å²) in [6.45, 7) is 3.10. The Morgan fingerprint density at radius 2 is 1.97 bits per heavy atom. The summed E-state index contributed by atoms with van der Waals surface area (Å²) >= 11 is 12.0. The van der Waals surface area contributed by atoms with Gasteiger partial charge in [0.25, 0.3) is 0 Å². The second kappa shape index (κ2) is 10.1. The summed E-state index contributed by atoms with van der Waals surface area (Å²) in [5.74, 6) is -0.216. The Bertz CT molecular complexity index is 1020. The van der Waals surface area contributed by atoms with E-state index in [1.54, 1.807) is 18.2 Å². The van der Waals surface area contributed by atoms with Gasteiger partial charge in [-0.15, -0.1) is 0 Å². The number of nitrogens with one attached hydrogen (secondary N) is 1. The molecule has 0 aliphatic carbocycles. The highest BCUT2D eigenvalue weighted by molar-refractivity contribution is 7.89. The standard InChI is InChI=1S/C20H23Cl2N3O4S/c21-18-5-4-15(9-19(18)22)12-25-6-7-29-16(13-25)11-24-20(26)10-14-2-1-3-17(8-14)30(23,27)28/h1-5,8-9,16H,6-7,10-13H2,(H,24,26)(H2,23,27,28). The summed E-state index contributed by atoms with van der Waals surface area (Å²) in [7, 11) is -3.80. The van der Waals surface area contributed by atoms with Gasteiger partial charge in [-0.05, 0) is 35.4 Å². The summed E-state index contributed by atoms with van der Waals surface area (Å²) in [6, 6.07) is 11.6. The molecule has 0 bridgehead atoms. The number of hydrogen-bond acceptors (Lipinski definition) is 5. The number of carbonyl (C=O) groups is 1. The van der Waals surface area contributed by atoms with E-state index in [1.165, 1.54) is 12.1 Å². The second-order valence-corrected chi connectivity index (χ2v) is 9.53. The number of halogens is 2. The Labute approximate surface area is 186 Å². The first kappa shape index (κ1) is 23.0. The van der Waals surface area contributed by atoms with Crippen LogP contribution in [0.1, 0.15) is 11.1 Å². The molecule has 1 fully saturated rings. The lowest BCUT2D eigenvalue weighted by molar-refractivity contribution is -0.121. The van der Waals surface area contributed by atoms with E-state index in [4.69, 9.17) is 33.1 Å².